The Morgan fingerprint density at radius 2 is 1.96 bits per heavy atom. The molecule has 1 amide bonds. The van der Waals surface area contributed by atoms with Crippen LogP contribution in [0.4, 0.5) is 0 Å². The Kier molecular flexibility index (Phi) is 5.99. The van der Waals surface area contributed by atoms with Crippen molar-refractivity contribution in [2.45, 2.75) is 0 Å². The molecule has 0 radical (unpaired) electrons. The molecular weight excluding hydrogens is 364 g/mol. The Morgan fingerprint density at radius 1 is 1.26 bits per heavy atom. The van der Waals surface area contributed by atoms with Crippen LogP contribution in [0, 0.1) is 0 Å². The van der Waals surface area contributed by atoms with Crippen LogP contribution in [0.3, 0.4) is 0 Å². The van der Waals surface area contributed by atoms with Crippen LogP contribution in [-0.4, -0.2) is 30.9 Å². The van der Waals surface area contributed by atoms with Crippen LogP contribution < -0.4 is 14.9 Å². The molecule has 6 nitrogen and oxygen atoms in total. The standard InChI is InChI=1S/C16H15BrN2O4/c1-22-13-3-5-14(6-4-13)23-10-16(21)19-18-9-11-8-12(17)2-7-15(11)20/h2-9,20H,10H2,1H3,(H,19,21). The average molecular weight is 379 g/mol. The second-order valence-corrected chi connectivity index (χ2v) is 5.38. The maximum absolute atomic E-state index is 11.6. The summed E-state index contributed by atoms with van der Waals surface area (Å²) in [4.78, 5) is 11.6. The fraction of sp³-hybridized carbons (Fsp3) is 0.125. The molecule has 0 aliphatic carbocycles. The molecule has 7 heteroatoms. The van der Waals surface area contributed by atoms with Crippen molar-refractivity contribution in [2.75, 3.05) is 13.7 Å². The summed E-state index contributed by atoms with van der Waals surface area (Å²) in [5, 5.41) is 13.4. The highest BCUT2D eigenvalue weighted by Gasteiger charge is 2.03. The first-order valence-electron chi connectivity index (χ1n) is 6.66. The largest absolute Gasteiger partial charge is 0.507 e. The van der Waals surface area contributed by atoms with Gasteiger partial charge in [-0.15, -0.1) is 0 Å². The number of methoxy groups -OCH3 is 1. The Balaban J connectivity index is 1.82. The lowest BCUT2D eigenvalue weighted by molar-refractivity contribution is -0.123. The summed E-state index contributed by atoms with van der Waals surface area (Å²) in [7, 11) is 1.57. The number of nitrogens with one attached hydrogen (secondary N) is 1. The second-order valence-electron chi connectivity index (χ2n) is 4.46. The number of hydrazone groups is 1. The number of aromatic hydroxyl groups is 1. The van der Waals surface area contributed by atoms with Crippen LogP contribution in [0.1, 0.15) is 5.56 Å². The molecule has 0 fully saturated rings. The molecule has 0 saturated heterocycles. The third kappa shape index (κ3) is 5.30. The minimum absolute atomic E-state index is 0.0701. The lowest BCUT2D eigenvalue weighted by Gasteiger charge is -2.06. The van der Waals surface area contributed by atoms with Gasteiger partial charge in [-0.3, -0.25) is 4.79 Å². The predicted molar refractivity (Wildman–Crippen MR) is 90.0 cm³/mol. The van der Waals surface area contributed by atoms with Crippen LogP contribution in [0.25, 0.3) is 0 Å². The lowest BCUT2D eigenvalue weighted by atomic mass is 10.2. The predicted octanol–water partition coefficient (Wildman–Crippen LogP) is 2.69. The van der Waals surface area contributed by atoms with Crippen molar-refractivity contribution >= 4 is 28.1 Å². The first-order chi connectivity index (χ1) is 11.1. The average Bonchev–Trinajstić information content (AvgIpc) is 2.56. The van der Waals surface area contributed by atoms with Crippen molar-refractivity contribution in [2.24, 2.45) is 5.10 Å². The first-order valence-corrected chi connectivity index (χ1v) is 7.45. The van der Waals surface area contributed by atoms with Crippen LogP contribution in [-0.2, 0) is 4.79 Å². The fourth-order valence-corrected chi connectivity index (χ4v) is 2.03. The number of rotatable bonds is 6. The van der Waals surface area contributed by atoms with Crippen molar-refractivity contribution in [1.82, 2.24) is 5.43 Å². The van der Waals surface area contributed by atoms with Crippen molar-refractivity contribution in [3.8, 4) is 17.2 Å². The van der Waals surface area contributed by atoms with Gasteiger partial charge in [-0.25, -0.2) is 5.43 Å². The van der Waals surface area contributed by atoms with Gasteiger partial charge in [0.05, 0.1) is 13.3 Å². The van der Waals surface area contributed by atoms with Crippen molar-refractivity contribution in [3.05, 3.63) is 52.5 Å². The Bertz CT molecular complexity index is 702. The van der Waals surface area contributed by atoms with Crippen LogP contribution in [0.5, 0.6) is 17.2 Å². The van der Waals surface area contributed by atoms with E-state index in [9.17, 15) is 9.90 Å². The highest BCUT2D eigenvalue weighted by Crippen LogP contribution is 2.20. The van der Waals surface area contributed by atoms with Gasteiger partial charge in [-0.1, -0.05) is 15.9 Å². The van der Waals surface area contributed by atoms with E-state index in [1.54, 1.807) is 43.5 Å². The minimum atomic E-state index is -0.411. The maximum atomic E-state index is 11.6. The summed E-state index contributed by atoms with van der Waals surface area (Å²) >= 11 is 3.29. The van der Waals surface area contributed by atoms with Crippen molar-refractivity contribution in [1.29, 1.82) is 0 Å². The third-order valence-electron chi connectivity index (χ3n) is 2.81. The number of carbonyl (C=O) groups excluding carboxylic acids is 1. The number of hydrogen-bond donors (Lipinski definition) is 2. The van der Waals surface area contributed by atoms with E-state index in [1.165, 1.54) is 12.3 Å². The number of phenolic OH excluding ortho intramolecular Hbond substituents is 1. The van der Waals surface area contributed by atoms with Crippen LogP contribution in [0.15, 0.2) is 52.0 Å². The SMILES string of the molecule is COc1ccc(OCC(=O)NN=Cc2cc(Br)ccc2O)cc1. The molecule has 0 aliphatic heterocycles. The lowest BCUT2D eigenvalue weighted by Crippen LogP contribution is -2.24. The molecule has 0 unspecified atom stereocenters. The van der Waals surface area contributed by atoms with E-state index in [1.807, 2.05) is 0 Å². The molecule has 0 atom stereocenters. The zero-order valence-corrected chi connectivity index (χ0v) is 13.9. The van der Waals surface area contributed by atoms with Gasteiger partial charge >= 0.3 is 0 Å². The number of hydrogen-bond acceptors (Lipinski definition) is 5. The molecular formula is C16H15BrN2O4. The molecule has 2 rings (SSSR count). The van der Waals surface area contributed by atoms with E-state index < -0.39 is 5.91 Å². The van der Waals surface area contributed by atoms with Gasteiger partial charge in [0, 0.05) is 10.0 Å². The van der Waals surface area contributed by atoms with Gasteiger partial charge in [0.1, 0.15) is 17.2 Å². The number of ether oxygens (including phenoxy) is 2. The molecule has 2 aromatic rings. The van der Waals surface area contributed by atoms with E-state index in [2.05, 4.69) is 26.5 Å². The number of carbonyl (C=O) groups is 1. The molecule has 23 heavy (non-hydrogen) atoms. The minimum Gasteiger partial charge on any atom is -0.507 e. The van der Waals surface area contributed by atoms with Crippen LogP contribution in [0.2, 0.25) is 0 Å². The number of benzene rings is 2. The van der Waals surface area contributed by atoms with E-state index in [0.717, 1.165) is 4.47 Å². The molecule has 0 spiro atoms. The third-order valence-corrected chi connectivity index (χ3v) is 3.31. The summed E-state index contributed by atoms with van der Waals surface area (Å²) in [6, 6.07) is 11.8. The van der Waals surface area contributed by atoms with E-state index in [4.69, 9.17) is 9.47 Å². The molecule has 2 aromatic carbocycles. The van der Waals surface area contributed by atoms with Gasteiger partial charge in [-0.2, -0.15) is 5.10 Å². The normalized spacial score (nSPS) is 10.5. The van der Waals surface area contributed by atoms with Crippen molar-refractivity contribution in [3.63, 3.8) is 0 Å². The van der Waals surface area contributed by atoms with E-state index >= 15 is 0 Å². The van der Waals surface area contributed by atoms with Crippen molar-refractivity contribution < 1.29 is 19.4 Å². The number of nitrogens with zero attached hydrogens (tertiary/aromatic N) is 1. The van der Waals surface area contributed by atoms with E-state index in [0.29, 0.717) is 17.1 Å². The number of halogens is 1. The molecule has 0 bridgehead atoms. The summed E-state index contributed by atoms with van der Waals surface area (Å²) in [6.07, 6.45) is 1.35. The van der Waals surface area contributed by atoms with E-state index in [-0.39, 0.29) is 12.4 Å². The highest BCUT2D eigenvalue weighted by atomic mass is 79.9. The molecule has 0 saturated carbocycles. The Labute approximate surface area is 141 Å². The van der Waals surface area contributed by atoms with Gasteiger partial charge in [0.15, 0.2) is 6.61 Å². The smallest absolute Gasteiger partial charge is 0.277 e. The molecule has 0 heterocycles. The summed E-state index contributed by atoms with van der Waals surface area (Å²) < 4.78 is 11.1. The van der Waals surface area contributed by atoms with Gasteiger partial charge < -0.3 is 14.6 Å². The highest BCUT2D eigenvalue weighted by molar-refractivity contribution is 9.10. The van der Waals surface area contributed by atoms with Gasteiger partial charge in [0.25, 0.3) is 5.91 Å². The summed E-state index contributed by atoms with van der Waals surface area (Å²) in [5.41, 5.74) is 2.81. The molecule has 0 aliphatic rings. The maximum Gasteiger partial charge on any atom is 0.277 e. The molecule has 120 valence electrons. The number of amides is 1. The Morgan fingerprint density at radius 3 is 2.65 bits per heavy atom. The van der Waals surface area contributed by atoms with Gasteiger partial charge in [0.2, 0.25) is 0 Å². The van der Waals surface area contributed by atoms with Crippen LogP contribution >= 0.6 is 15.9 Å². The topological polar surface area (TPSA) is 80.2 Å². The monoisotopic (exact) mass is 378 g/mol. The summed E-state index contributed by atoms with van der Waals surface area (Å²) in [5.74, 6) is 0.919. The molecule has 0 aromatic heterocycles. The second kappa shape index (κ2) is 8.19. The quantitative estimate of drug-likeness (QED) is 0.598. The zero-order chi connectivity index (χ0) is 16.7. The fourth-order valence-electron chi connectivity index (χ4n) is 1.66. The van der Waals surface area contributed by atoms with Gasteiger partial charge in [-0.05, 0) is 42.5 Å². The zero-order valence-electron chi connectivity index (χ0n) is 12.3. The first kappa shape index (κ1) is 16.8. The Hall–Kier alpha value is -2.54. The summed E-state index contributed by atoms with van der Waals surface area (Å²) in [6.45, 7) is -0.172. The number of phenols is 1. The molecule has 2 N–H and O–H groups in total.